The number of carbonyl (C=O) groups excluding carboxylic acids is 1. The van der Waals surface area contributed by atoms with E-state index in [1.807, 2.05) is 24.3 Å². The second-order valence-electron chi connectivity index (χ2n) is 2.71. The Hall–Kier alpha value is -1.12. The van der Waals surface area contributed by atoms with Gasteiger partial charge in [-0.05, 0) is 0 Å². The Morgan fingerprint density at radius 3 is 3.00 bits per heavy atom. The fraction of sp³-hybridized carbons (Fsp3) is 0.200. The summed E-state index contributed by atoms with van der Waals surface area (Å²) in [7, 11) is 0. The van der Waals surface area contributed by atoms with E-state index in [0.29, 0.717) is 11.2 Å². The molecule has 4 heteroatoms. The summed E-state index contributed by atoms with van der Waals surface area (Å²) >= 11 is 0.0167. The first-order chi connectivity index (χ1) is 6.81. The standard InChI is InChI=1S/C10H9NO2Se/c1-2-13-10(12)9-11-7-5-3-4-6-8(7)14-9/h3-6H,2H2,1H3. The molecule has 1 aromatic heterocycles. The Morgan fingerprint density at radius 1 is 1.50 bits per heavy atom. The van der Waals surface area contributed by atoms with Gasteiger partial charge >= 0.3 is 87.1 Å². The number of para-hydroxylation sites is 1. The fourth-order valence-electron chi connectivity index (χ4n) is 1.15. The first-order valence-electron chi connectivity index (χ1n) is 4.34. The van der Waals surface area contributed by atoms with Gasteiger partial charge < -0.3 is 0 Å². The summed E-state index contributed by atoms with van der Waals surface area (Å²) in [6.45, 7) is 2.21. The van der Waals surface area contributed by atoms with Crippen molar-refractivity contribution in [1.82, 2.24) is 4.98 Å². The molecule has 0 aliphatic rings. The van der Waals surface area contributed by atoms with E-state index in [-0.39, 0.29) is 20.5 Å². The van der Waals surface area contributed by atoms with Crippen LogP contribution >= 0.6 is 0 Å². The molecule has 1 aromatic carbocycles. The Kier molecular flexibility index (Phi) is 2.66. The Bertz CT molecular complexity index is 431. The summed E-state index contributed by atoms with van der Waals surface area (Å²) in [5.74, 6) is -0.274. The van der Waals surface area contributed by atoms with Gasteiger partial charge in [-0.15, -0.1) is 0 Å². The molecule has 0 bridgehead atoms. The van der Waals surface area contributed by atoms with Gasteiger partial charge in [0.15, 0.2) is 0 Å². The van der Waals surface area contributed by atoms with Crippen LogP contribution in [0.4, 0.5) is 0 Å². The number of carbonyl (C=O) groups is 1. The van der Waals surface area contributed by atoms with Crippen LogP contribution in [0.5, 0.6) is 0 Å². The van der Waals surface area contributed by atoms with E-state index in [1.54, 1.807) is 6.92 Å². The molecule has 0 radical (unpaired) electrons. The van der Waals surface area contributed by atoms with Gasteiger partial charge in [0.05, 0.1) is 0 Å². The number of hydrogen-bond acceptors (Lipinski definition) is 3. The zero-order valence-electron chi connectivity index (χ0n) is 7.69. The molecule has 0 aliphatic heterocycles. The van der Waals surface area contributed by atoms with E-state index in [9.17, 15) is 4.79 Å². The number of rotatable bonds is 2. The topological polar surface area (TPSA) is 39.2 Å². The van der Waals surface area contributed by atoms with Gasteiger partial charge in [-0.3, -0.25) is 0 Å². The van der Waals surface area contributed by atoms with Crippen LogP contribution in [-0.4, -0.2) is 32.1 Å². The molecule has 0 amide bonds. The molecule has 0 saturated heterocycles. The van der Waals surface area contributed by atoms with E-state index in [0.717, 1.165) is 9.78 Å². The van der Waals surface area contributed by atoms with Gasteiger partial charge in [-0.2, -0.15) is 0 Å². The Morgan fingerprint density at radius 2 is 2.29 bits per heavy atom. The van der Waals surface area contributed by atoms with Crippen molar-refractivity contribution in [1.29, 1.82) is 0 Å². The number of esters is 1. The van der Waals surface area contributed by atoms with Crippen molar-refractivity contribution in [3.8, 4) is 0 Å². The van der Waals surface area contributed by atoms with Crippen molar-refractivity contribution in [2.75, 3.05) is 6.61 Å². The summed E-state index contributed by atoms with van der Waals surface area (Å²) in [5.41, 5.74) is 0.913. The maximum atomic E-state index is 11.4. The van der Waals surface area contributed by atoms with Crippen LogP contribution in [0.25, 0.3) is 9.78 Å². The summed E-state index contributed by atoms with van der Waals surface area (Å²) in [6.07, 6.45) is 0. The van der Waals surface area contributed by atoms with Gasteiger partial charge in [0.1, 0.15) is 0 Å². The average Bonchev–Trinajstić information content (AvgIpc) is 2.61. The molecule has 14 heavy (non-hydrogen) atoms. The van der Waals surface area contributed by atoms with Crippen molar-refractivity contribution < 1.29 is 9.53 Å². The maximum absolute atomic E-state index is 11.4. The van der Waals surface area contributed by atoms with E-state index in [2.05, 4.69) is 4.98 Å². The molecule has 0 spiro atoms. The van der Waals surface area contributed by atoms with Crippen LogP contribution in [0.2, 0.25) is 0 Å². The molecule has 0 saturated carbocycles. The zero-order valence-corrected chi connectivity index (χ0v) is 9.40. The molecule has 0 aliphatic carbocycles. The molecule has 3 nitrogen and oxygen atoms in total. The molecular formula is C10H9NO2Se. The SMILES string of the molecule is CCOC(=O)c1nc2ccccc2[se]1. The van der Waals surface area contributed by atoms with E-state index < -0.39 is 0 Å². The van der Waals surface area contributed by atoms with Crippen LogP contribution in [0.1, 0.15) is 16.3 Å². The van der Waals surface area contributed by atoms with E-state index in [1.165, 1.54) is 0 Å². The van der Waals surface area contributed by atoms with Crippen LogP contribution in [0.15, 0.2) is 24.3 Å². The minimum absolute atomic E-state index is 0.0167. The van der Waals surface area contributed by atoms with Crippen molar-refractivity contribution in [2.45, 2.75) is 6.92 Å². The first kappa shape index (κ1) is 9.44. The Balaban J connectivity index is 2.40. The summed E-state index contributed by atoms with van der Waals surface area (Å²) in [6, 6.07) is 7.81. The zero-order chi connectivity index (χ0) is 9.97. The number of nitrogens with zero attached hydrogens (tertiary/aromatic N) is 1. The van der Waals surface area contributed by atoms with Crippen LogP contribution in [-0.2, 0) is 4.74 Å². The van der Waals surface area contributed by atoms with Crippen molar-refractivity contribution in [3.05, 3.63) is 28.8 Å². The fourth-order valence-corrected chi connectivity index (χ4v) is 2.96. The average molecular weight is 254 g/mol. The monoisotopic (exact) mass is 255 g/mol. The molecule has 0 fully saturated rings. The number of benzene rings is 1. The third-order valence-corrected chi connectivity index (χ3v) is 3.88. The van der Waals surface area contributed by atoms with Crippen molar-refractivity contribution in [3.63, 3.8) is 0 Å². The van der Waals surface area contributed by atoms with E-state index >= 15 is 0 Å². The number of ether oxygens (including phenoxy) is 1. The van der Waals surface area contributed by atoms with Crippen molar-refractivity contribution in [2.24, 2.45) is 0 Å². The van der Waals surface area contributed by atoms with Gasteiger partial charge in [0.2, 0.25) is 0 Å². The van der Waals surface area contributed by atoms with E-state index in [4.69, 9.17) is 4.74 Å². The normalized spacial score (nSPS) is 10.4. The first-order valence-corrected chi connectivity index (χ1v) is 6.05. The van der Waals surface area contributed by atoms with Gasteiger partial charge in [-0.25, -0.2) is 0 Å². The Labute approximate surface area is 87.5 Å². The predicted octanol–water partition coefficient (Wildman–Crippen LogP) is 1.47. The third-order valence-electron chi connectivity index (χ3n) is 1.74. The van der Waals surface area contributed by atoms with Crippen LogP contribution < -0.4 is 0 Å². The predicted molar refractivity (Wildman–Crippen MR) is 54.6 cm³/mol. The number of hydrogen-bond donors (Lipinski definition) is 0. The summed E-state index contributed by atoms with van der Waals surface area (Å²) < 4.78 is 6.63. The second-order valence-corrected chi connectivity index (χ2v) is 4.87. The van der Waals surface area contributed by atoms with Crippen molar-refractivity contribution >= 4 is 30.2 Å². The third kappa shape index (κ3) is 1.72. The molecule has 1 heterocycles. The molecule has 2 aromatic rings. The minimum atomic E-state index is -0.274. The quantitative estimate of drug-likeness (QED) is 0.601. The molecule has 0 unspecified atom stereocenters. The molecule has 72 valence electrons. The number of fused-ring (bicyclic) bond motifs is 1. The van der Waals surface area contributed by atoms with Crippen LogP contribution in [0, 0.1) is 0 Å². The van der Waals surface area contributed by atoms with Gasteiger partial charge in [-0.1, -0.05) is 0 Å². The summed E-state index contributed by atoms with van der Waals surface area (Å²) in [5, 5.41) is 0. The van der Waals surface area contributed by atoms with Gasteiger partial charge in [0, 0.05) is 0 Å². The second kappa shape index (κ2) is 3.94. The van der Waals surface area contributed by atoms with Gasteiger partial charge in [0.25, 0.3) is 0 Å². The van der Waals surface area contributed by atoms with Crippen LogP contribution in [0.3, 0.4) is 0 Å². The summed E-state index contributed by atoms with van der Waals surface area (Å²) in [4.78, 5) is 15.6. The molecule has 2 rings (SSSR count). The number of aromatic nitrogens is 1. The molecule has 0 N–H and O–H groups in total. The molecule has 0 atom stereocenters. The molecular weight excluding hydrogens is 245 g/mol.